The summed E-state index contributed by atoms with van der Waals surface area (Å²) in [5.41, 5.74) is 3.14. The zero-order valence-corrected chi connectivity index (χ0v) is 14.2. The Balaban J connectivity index is 1.49. The quantitative estimate of drug-likeness (QED) is 0.778. The second-order valence-corrected chi connectivity index (χ2v) is 7.11. The van der Waals surface area contributed by atoms with Crippen LogP contribution in [0.5, 0.6) is 0 Å². The van der Waals surface area contributed by atoms with E-state index in [-0.39, 0.29) is 0 Å². The molecule has 0 aromatic carbocycles. The summed E-state index contributed by atoms with van der Waals surface area (Å²) in [6, 6.07) is 7.40. The summed E-state index contributed by atoms with van der Waals surface area (Å²) < 4.78 is 0. The molecule has 4 heterocycles. The van der Waals surface area contributed by atoms with E-state index in [1.165, 1.54) is 11.3 Å². The highest BCUT2D eigenvalue weighted by molar-refractivity contribution is 7.13. The van der Waals surface area contributed by atoms with Crippen LogP contribution in [-0.4, -0.2) is 37.5 Å². The molecule has 0 saturated carbocycles. The Morgan fingerprint density at radius 2 is 2.20 bits per heavy atom. The Hall–Kier alpha value is -2.64. The van der Waals surface area contributed by atoms with Crippen LogP contribution in [0.4, 0.5) is 0 Å². The average Bonchev–Trinajstić information content (AvgIpc) is 3.11. The molecule has 0 saturated heterocycles. The Labute approximate surface area is 148 Å². The van der Waals surface area contributed by atoms with Crippen LogP contribution in [0.2, 0.25) is 0 Å². The molecule has 0 fully saturated rings. The van der Waals surface area contributed by atoms with E-state index in [9.17, 15) is 4.79 Å². The molecule has 4 rings (SSSR count). The summed E-state index contributed by atoms with van der Waals surface area (Å²) in [6.45, 7) is 2.43. The summed E-state index contributed by atoms with van der Waals surface area (Å²) >= 11 is 1.34. The Bertz CT molecular complexity index is 910. The summed E-state index contributed by atoms with van der Waals surface area (Å²) in [7, 11) is 0. The highest BCUT2D eigenvalue weighted by Crippen LogP contribution is 2.24. The van der Waals surface area contributed by atoms with Crippen LogP contribution < -0.4 is 0 Å². The monoisotopic (exact) mass is 352 g/mol. The number of aromatic carboxylic acids is 1. The number of carboxylic acid groups (broad SMARTS) is 1. The molecule has 0 aliphatic carbocycles. The van der Waals surface area contributed by atoms with Gasteiger partial charge in [0.1, 0.15) is 4.88 Å². The molecule has 6 nitrogen and oxygen atoms in total. The first-order valence-electron chi connectivity index (χ1n) is 7.98. The minimum Gasteiger partial charge on any atom is -0.477 e. The van der Waals surface area contributed by atoms with Crippen LogP contribution >= 0.6 is 11.3 Å². The van der Waals surface area contributed by atoms with Gasteiger partial charge in [-0.1, -0.05) is 0 Å². The summed E-state index contributed by atoms with van der Waals surface area (Å²) in [5.74, 6) is -0.152. The van der Waals surface area contributed by atoms with Gasteiger partial charge in [0.05, 0.1) is 5.69 Å². The fourth-order valence-corrected chi connectivity index (χ4v) is 3.83. The third kappa shape index (κ3) is 3.42. The highest BCUT2D eigenvalue weighted by atomic mass is 32.1. The van der Waals surface area contributed by atoms with Crippen LogP contribution in [0, 0.1) is 0 Å². The number of hydrogen-bond acceptors (Lipinski definition) is 6. The van der Waals surface area contributed by atoms with E-state index in [0.717, 1.165) is 47.8 Å². The highest BCUT2D eigenvalue weighted by Gasteiger charge is 2.20. The van der Waals surface area contributed by atoms with Crippen molar-refractivity contribution in [3.63, 3.8) is 0 Å². The number of hydrogen-bond donors (Lipinski definition) is 1. The van der Waals surface area contributed by atoms with Gasteiger partial charge in [0, 0.05) is 60.6 Å². The van der Waals surface area contributed by atoms with Gasteiger partial charge in [-0.25, -0.2) is 14.8 Å². The summed E-state index contributed by atoms with van der Waals surface area (Å²) in [6.07, 6.45) is 6.27. The van der Waals surface area contributed by atoms with Gasteiger partial charge in [0.2, 0.25) is 0 Å². The summed E-state index contributed by atoms with van der Waals surface area (Å²) in [4.78, 5) is 28.0. The fraction of sp³-hybridized carbons (Fsp3) is 0.222. The van der Waals surface area contributed by atoms with Crippen molar-refractivity contribution in [3.05, 3.63) is 63.9 Å². The smallest absolute Gasteiger partial charge is 0.345 e. The zero-order chi connectivity index (χ0) is 17.2. The maximum Gasteiger partial charge on any atom is 0.345 e. The van der Waals surface area contributed by atoms with E-state index in [0.29, 0.717) is 10.7 Å². The first-order valence-corrected chi connectivity index (χ1v) is 8.80. The third-order valence-electron chi connectivity index (χ3n) is 4.18. The lowest BCUT2D eigenvalue weighted by atomic mass is 10.1. The van der Waals surface area contributed by atoms with Crippen molar-refractivity contribution >= 4 is 17.3 Å². The number of pyridine rings is 1. The summed E-state index contributed by atoms with van der Waals surface area (Å²) in [5, 5.41) is 9.03. The number of aromatic nitrogens is 3. The van der Waals surface area contributed by atoms with Crippen LogP contribution in [0.25, 0.3) is 11.4 Å². The molecule has 0 amide bonds. The molecule has 0 bridgehead atoms. The molecular formula is C18H16N4O2S. The molecule has 0 unspecified atom stereocenters. The van der Waals surface area contributed by atoms with Gasteiger partial charge in [-0.2, -0.15) is 0 Å². The van der Waals surface area contributed by atoms with E-state index in [1.807, 2.05) is 24.4 Å². The SMILES string of the molecule is O=C(O)c1ccc(CN2CCc3nc(-c4cccnc4)ncc3C2)s1. The van der Waals surface area contributed by atoms with E-state index in [4.69, 9.17) is 10.1 Å². The Morgan fingerprint density at radius 3 is 2.96 bits per heavy atom. The van der Waals surface area contributed by atoms with Crippen molar-refractivity contribution in [2.24, 2.45) is 0 Å². The van der Waals surface area contributed by atoms with Crippen molar-refractivity contribution in [2.75, 3.05) is 6.54 Å². The maximum atomic E-state index is 11.0. The predicted molar refractivity (Wildman–Crippen MR) is 94.4 cm³/mol. The van der Waals surface area contributed by atoms with Crippen LogP contribution in [0.1, 0.15) is 25.8 Å². The zero-order valence-electron chi connectivity index (χ0n) is 13.4. The molecule has 126 valence electrons. The van der Waals surface area contributed by atoms with Crippen molar-refractivity contribution in [2.45, 2.75) is 19.5 Å². The first kappa shape index (κ1) is 15.9. The standard InChI is InChI=1S/C18H16N4O2S/c23-18(24)16-4-3-14(25-16)11-22-7-5-15-13(10-22)9-20-17(21-15)12-2-1-6-19-8-12/h1-4,6,8-9H,5,7,10-11H2,(H,23,24). The van der Waals surface area contributed by atoms with Crippen LogP contribution in [0.3, 0.4) is 0 Å². The lowest BCUT2D eigenvalue weighted by Gasteiger charge is -2.27. The number of rotatable bonds is 4. The van der Waals surface area contributed by atoms with E-state index < -0.39 is 5.97 Å². The van der Waals surface area contributed by atoms with Crippen molar-refractivity contribution in [3.8, 4) is 11.4 Å². The van der Waals surface area contributed by atoms with E-state index >= 15 is 0 Å². The van der Waals surface area contributed by atoms with Gasteiger partial charge in [-0.05, 0) is 24.3 Å². The largest absolute Gasteiger partial charge is 0.477 e. The minimum atomic E-state index is -0.864. The molecular weight excluding hydrogens is 336 g/mol. The van der Waals surface area contributed by atoms with Gasteiger partial charge in [0.25, 0.3) is 0 Å². The number of carbonyl (C=O) groups is 1. The van der Waals surface area contributed by atoms with Crippen LogP contribution in [0.15, 0.2) is 42.9 Å². The fourth-order valence-electron chi connectivity index (χ4n) is 2.94. The topological polar surface area (TPSA) is 79.2 Å². The van der Waals surface area contributed by atoms with Crippen molar-refractivity contribution in [1.82, 2.24) is 19.9 Å². The number of thiophene rings is 1. The minimum absolute atomic E-state index is 0.386. The maximum absolute atomic E-state index is 11.0. The van der Waals surface area contributed by atoms with Gasteiger partial charge in [-0.15, -0.1) is 11.3 Å². The molecule has 0 atom stereocenters. The number of nitrogens with zero attached hydrogens (tertiary/aromatic N) is 4. The van der Waals surface area contributed by atoms with Crippen molar-refractivity contribution in [1.29, 1.82) is 0 Å². The van der Waals surface area contributed by atoms with Crippen LogP contribution in [-0.2, 0) is 19.5 Å². The Kier molecular flexibility index (Phi) is 4.25. The lowest BCUT2D eigenvalue weighted by molar-refractivity contribution is 0.0702. The Morgan fingerprint density at radius 1 is 1.28 bits per heavy atom. The predicted octanol–water partition coefficient (Wildman–Crippen LogP) is 2.86. The molecule has 1 N–H and O–H groups in total. The molecule has 3 aromatic rings. The lowest BCUT2D eigenvalue weighted by Crippen LogP contribution is -2.30. The van der Waals surface area contributed by atoms with E-state index in [2.05, 4.69) is 14.9 Å². The molecule has 0 radical (unpaired) electrons. The molecule has 1 aliphatic heterocycles. The third-order valence-corrected chi connectivity index (χ3v) is 5.24. The molecule has 3 aromatic heterocycles. The second kappa shape index (κ2) is 6.70. The van der Waals surface area contributed by atoms with Crippen molar-refractivity contribution < 1.29 is 9.90 Å². The first-order chi connectivity index (χ1) is 12.2. The average molecular weight is 352 g/mol. The van der Waals surface area contributed by atoms with Gasteiger partial charge >= 0.3 is 5.97 Å². The van der Waals surface area contributed by atoms with Gasteiger partial charge in [-0.3, -0.25) is 9.88 Å². The normalized spacial score (nSPS) is 14.2. The molecule has 7 heteroatoms. The van der Waals surface area contributed by atoms with E-state index in [1.54, 1.807) is 18.5 Å². The second-order valence-electron chi connectivity index (χ2n) is 5.94. The molecule has 0 spiro atoms. The number of fused-ring (bicyclic) bond motifs is 1. The van der Waals surface area contributed by atoms with Gasteiger partial charge in [0.15, 0.2) is 5.82 Å². The molecule has 1 aliphatic rings. The number of carboxylic acids is 1. The molecule has 25 heavy (non-hydrogen) atoms. The van der Waals surface area contributed by atoms with Gasteiger partial charge < -0.3 is 5.11 Å².